The maximum Gasteiger partial charge on any atom is 0.323 e. The van der Waals surface area contributed by atoms with E-state index in [4.69, 9.17) is 9.84 Å². The first kappa shape index (κ1) is 12.6. The molecular weight excluding hydrogens is 234 g/mol. The first-order valence-electron chi connectivity index (χ1n) is 6.15. The summed E-state index contributed by atoms with van der Waals surface area (Å²) in [5.41, 5.74) is 0. The molecule has 0 spiro atoms. The van der Waals surface area contributed by atoms with Crippen LogP contribution in [-0.2, 0) is 4.79 Å². The zero-order valence-corrected chi connectivity index (χ0v) is 10.4. The van der Waals surface area contributed by atoms with Crippen molar-refractivity contribution in [2.45, 2.75) is 32.2 Å². The molecule has 1 heterocycles. The van der Waals surface area contributed by atoms with Crippen molar-refractivity contribution >= 4 is 11.9 Å². The largest absolute Gasteiger partial charge is 0.480 e. The van der Waals surface area contributed by atoms with E-state index in [1.54, 1.807) is 17.2 Å². The van der Waals surface area contributed by atoms with Crippen molar-refractivity contribution in [3.8, 4) is 5.88 Å². The van der Waals surface area contributed by atoms with Crippen LogP contribution >= 0.6 is 0 Å². The van der Waals surface area contributed by atoms with Crippen molar-refractivity contribution in [1.82, 2.24) is 9.97 Å². The second-order valence-electron chi connectivity index (χ2n) is 4.30. The van der Waals surface area contributed by atoms with Crippen molar-refractivity contribution < 1.29 is 14.6 Å². The zero-order chi connectivity index (χ0) is 13.0. The van der Waals surface area contributed by atoms with Crippen molar-refractivity contribution in [2.24, 2.45) is 0 Å². The van der Waals surface area contributed by atoms with Crippen LogP contribution < -0.4 is 9.64 Å². The molecule has 1 aliphatic rings. The monoisotopic (exact) mass is 251 g/mol. The Hall–Kier alpha value is -1.85. The molecule has 1 saturated carbocycles. The molecule has 2 rings (SSSR count). The maximum atomic E-state index is 10.8. The van der Waals surface area contributed by atoms with Crippen molar-refractivity contribution in [3.63, 3.8) is 0 Å². The molecule has 1 aliphatic carbocycles. The molecule has 0 saturated heterocycles. The summed E-state index contributed by atoms with van der Waals surface area (Å²) in [4.78, 5) is 21.0. The molecule has 1 N–H and O–H groups in total. The Morgan fingerprint density at radius 2 is 2.39 bits per heavy atom. The number of carboxylic acids is 1. The van der Waals surface area contributed by atoms with Crippen molar-refractivity contribution in [1.29, 1.82) is 0 Å². The van der Waals surface area contributed by atoms with E-state index < -0.39 is 5.97 Å². The summed E-state index contributed by atoms with van der Waals surface area (Å²) in [5, 5.41) is 8.90. The summed E-state index contributed by atoms with van der Waals surface area (Å²) in [6.45, 7) is 2.55. The van der Waals surface area contributed by atoms with Gasteiger partial charge in [0.25, 0.3) is 0 Å². The Morgan fingerprint density at radius 3 is 3.00 bits per heavy atom. The van der Waals surface area contributed by atoms with Crippen LogP contribution in [-0.4, -0.2) is 40.2 Å². The fraction of sp³-hybridized carbons (Fsp3) is 0.583. The minimum atomic E-state index is -0.870. The van der Waals surface area contributed by atoms with Crippen LogP contribution in [0, 0.1) is 0 Å². The number of ether oxygens (including phenoxy) is 1. The van der Waals surface area contributed by atoms with Gasteiger partial charge in [-0.05, 0) is 19.3 Å². The van der Waals surface area contributed by atoms with Gasteiger partial charge in [-0.15, -0.1) is 0 Å². The average molecular weight is 251 g/mol. The average Bonchev–Trinajstić information content (AvgIpc) is 3.18. The van der Waals surface area contributed by atoms with Gasteiger partial charge in [-0.25, -0.2) is 4.98 Å². The van der Waals surface area contributed by atoms with Crippen LogP contribution in [0.2, 0.25) is 0 Å². The van der Waals surface area contributed by atoms with Gasteiger partial charge in [0.1, 0.15) is 6.54 Å². The van der Waals surface area contributed by atoms with Gasteiger partial charge < -0.3 is 14.7 Å². The van der Waals surface area contributed by atoms with E-state index in [0.29, 0.717) is 18.4 Å². The van der Waals surface area contributed by atoms with Gasteiger partial charge in [0.2, 0.25) is 11.8 Å². The Labute approximate surface area is 106 Å². The summed E-state index contributed by atoms with van der Waals surface area (Å²) in [7, 11) is 0. The van der Waals surface area contributed by atoms with Gasteiger partial charge in [-0.3, -0.25) is 4.79 Å². The highest BCUT2D eigenvalue weighted by Gasteiger charge is 2.32. The molecule has 0 radical (unpaired) electrons. The molecule has 0 aliphatic heterocycles. The lowest BCUT2D eigenvalue weighted by atomic mass is 10.5. The molecule has 0 bridgehead atoms. The third-order valence-corrected chi connectivity index (χ3v) is 2.62. The van der Waals surface area contributed by atoms with Crippen molar-refractivity contribution in [3.05, 3.63) is 12.3 Å². The van der Waals surface area contributed by atoms with Crippen molar-refractivity contribution in [2.75, 3.05) is 18.1 Å². The highest BCUT2D eigenvalue weighted by atomic mass is 16.5. The Bertz CT molecular complexity index is 421. The molecule has 0 unspecified atom stereocenters. The quantitative estimate of drug-likeness (QED) is 0.787. The number of hydrogen-bond donors (Lipinski definition) is 1. The number of nitrogens with zero attached hydrogens (tertiary/aromatic N) is 3. The van der Waals surface area contributed by atoms with E-state index in [1.165, 1.54) is 0 Å². The topological polar surface area (TPSA) is 75.5 Å². The van der Waals surface area contributed by atoms with E-state index in [2.05, 4.69) is 9.97 Å². The number of rotatable bonds is 7. The van der Waals surface area contributed by atoms with Gasteiger partial charge in [-0.2, -0.15) is 4.98 Å². The molecule has 18 heavy (non-hydrogen) atoms. The van der Waals surface area contributed by atoms with Crippen LogP contribution in [0.3, 0.4) is 0 Å². The lowest BCUT2D eigenvalue weighted by Crippen LogP contribution is -2.33. The zero-order valence-electron chi connectivity index (χ0n) is 10.4. The van der Waals surface area contributed by atoms with Gasteiger partial charge >= 0.3 is 5.97 Å². The van der Waals surface area contributed by atoms with Crippen LogP contribution in [0.1, 0.15) is 26.2 Å². The summed E-state index contributed by atoms with van der Waals surface area (Å²) >= 11 is 0. The fourth-order valence-electron chi connectivity index (χ4n) is 1.65. The molecule has 0 amide bonds. The second kappa shape index (κ2) is 5.66. The van der Waals surface area contributed by atoms with E-state index in [0.717, 1.165) is 19.3 Å². The Balaban J connectivity index is 2.11. The van der Waals surface area contributed by atoms with Crippen LogP contribution in [0.5, 0.6) is 5.88 Å². The molecule has 0 atom stereocenters. The maximum absolute atomic E-state index is 10.8. The summed E-state index contributed by atoms with van der Waals surface area (Å²) < 4.78 is 5.43. The number of carbonyl (C=O) groups is 1. The van der Waals surface area contributed by atoms with E-state index >= 15 is 0 Å². The molecule has 98 valence electrons. The standard InChI is InChI=1S/C12H17N3O3/c1-2-7-18-10-5-6-13-12(14-10)15(8-11(16)17)9-3-4-9/h5-6,9H,2-4,7-8H2,1H3,(H,16,17). The lowest BCUT2D eigenvalue weighted by molar-refractivity contribution is -0.135. The molecule has 0 aromatic carbocycles. The number of anilines is 1. The van der Waals surface area contributed by atoms with E-state index in [-0.39, 0.29) is 12.6 Å². The summed E-state index contributed by atoms with van der Waals surface area (Å²) in [6, 6.07) is 1.94. The highest BCUT2D eigenvalue weighted by molar-refractivity contribution is 5.73. The fourth-order valence-corrected chi connectivity index (χ4v) is 1.65. The SMILES string of the molecule is CCCOc1ccnc(N(CC(=O)O)C2CC2)n1. The third-order valence-electron chi connectivity index (χ3n) is 2.62. The molecule has 1 fully saturated rings. The number of aromatic nitrogens is 2. The normalized spacial score (nSPS) is 14.3. The second-order valence-corrected chi connectivity index (χ2v) is 4.30. The van der Waals surface area contributed by atoms with Gasteiger partial charge in [-0.1, -0.05) is 6.92 Å². The Kier molecular flexibility index (Phi) is 3.96. The molecule has 1 aromatic rings. The van der Waals surface area contributed by atoms with E-state index in [1.807, 2.05) is 6.92 Å². The van der Waals surface area contributed by atoms with Crippen LogP contribution in [0.4, 0.5) is 5.95 Å². The minimum absolute atomic E-state index is 0.0676. The van der Waals surface area contributed by atoms with E-state index in [9.17, 15) is 4.79 Å². The highest BCUT2D eigenvalue weighted by Crippen LogP contribution is 2.29. The van der Waals surface area contributed by atoms with Crippen LogP contribution in [0.15, 0.2) is 12.3 Å². The molecule has 1 aromatic heterocycles. The minimum Gasteiger partial charge on any atom is -0.480 e. The predicted octanol–water partition coefficient (Wildman–Crippen LogP) is 1.32. The first-order valence-corrected chi connectivity index (χ1v) is 6.15. The summed E-state index contributed by atoms with van der Waals surface area (Å²) in [6.07, 6.45) is 4.50. The van der Waals surface area contributed by atoms with Crippen LogP contribution in [0.25, 0.3) is 0 Å². The molecular formula is C12H17N3O3. The first-order chi connectivity index (χ1) is 8.70. The third kappa shape index (κ3) is 3.32. The van der Waals surface area contributed by atoms with Gasteiger partial charge in [0.05, 0.1) is 6.61 Å². The predicted molar refractivity (Wildman–Crippen MR) is 65.8 cm³/mol. The van der Waals surface area contributed by atoms with Gasteiger partial charge in [0.15, 0.2) is 0 Å². The number of aliphatic carboxylic acids is 1. The summed E-state index contributed by atoms with van der Waals surface area (Å²) in [5.74, 6) is 0.0665. The number of hydrogen-bond acceptors (Lipinski definition) is 5. The van der Waals surface area contributed by atoms with Gasteiger partial charge in [0, 0.05) is 18.3 Å². The molecule has 6 heteroatoms. The Morgan fingerprint density at radius 1 is 1.61 bits per heavy atom. The number of carboxylic acid groups (broad SMARTS) is 1. The lowest BCUT2D eigenvalue weighted by Gasteiger charge is -2.20. The molecule has 6 nitrogen and oxygen atoms in total. The smallest absolute Gasteiger partial charge is 0.323 e.